The molecule has 1 aromatic rings. The lowest BCUT2D eigenvalue weighted by Gasteiger charge is -2.38. The first-order valence-corrected chi connectivity index (χ1v) is 12.0. The normalized spacial score (nSPS) is 20.5. The molecule has 2 aliphatic rings. The first kappa shape index (κ1) is 27.3. The predicted molar refractivity (Wildman–Crippen MR) is 143 cm³/mol. The predicted octanol–water partition coefficient (Wildman–Crippen LogP) is 3.57. The van der Waals surface area contributed by atoms with Crippen molar-refractivity contribution in [2.24, 2.45) is 10.9 Å². The minimum absolute atomic E-state index is 0. The van der Waals surface area contributed by atoms with Gasteiger partial charge in [-0.25, -0.2) is 0 Å². The zero-order valence-corrected chi connectivity index (χ0v) is 22.7. The van der Waals surface area contributed by atoms with Crippen LogP contribution in [0.3, 0.4) is 0 Å². The van der Waals surface area contributed by atoms with E-state index >= 15 is 0 Å². The molecular formula is C25H43IN4O2. The molecule has 2 N–H and O–H groups in total. The van der Waals surface area contributed by atoms with E-state index in [2.05, 4.69) is 67.5 Å². The SMILES string of the molecule is CCNC(=NCC1(c2ccccc2C)CCOCC1)NCC(C(C)C)N1CCOCC1.I. The number of aryl methyl sites for hydroxylation is 1. The smallest absolute Gasteiger partial charge is 0.191 e. The number of nitrogens with zero attached hydrogens (tertiary/aromatic N) is 2. The van der Waals surface area contributed by atoms with Gasteiger partial charge in [0, 0.05) is 50.8 Å². The van der Waals surface area contributed by atoms with Gasteiger partial charge in [-0.3, -0.25) is 9.89 Å². The van der Waals surface area contributed by atoms with Crippen LogP contribution in [0.25, 0.3) is 0 Å². The molecule has 32 heavy (non-hydrogen) atoms. The highest BCUT2D eigenvalue weighted by atomic mass is 127. The number of morpholine rings is 1. The van der Waals surface area contributed by atoms with Gasteiger partial charge in [-0.15, -0.1) is 24.0 Å². The van der Waals surface area contributed by atoms with Gasteiger partial charge in [-0.05, 0) is 43.7 Å². The zero-order valence-electron chi connectivity index (χ0n) is 20.4. The molecule has 7 heteroatoms. The largest absolute Gasteiger partial charge is 0.381 e. The lowest BCUT2D eigenvalue weighted by Crippen LogP contribution is -2.52. The standard InChI is InChI=1S/C25H42N4O2.HI/c1-5-26-24(27-18-23(20(2)3)29-12-16-31-17-13-29)28-19-25(10-14-30-15-11-25)22-9-7-6-8-21(22)4;/h6-9,20,23H,5,10-19H2,1-4H3,(H2,26,27,28);1H. The summed E-state index contributed by atoms with van der Waals surface area (Å²) in [7, 11) is 0. The van der Waals surface area contributed by atoms with E-state index in [4.69, 9.17) is 14.5 Å². The molecule has 2 fully saturated rings. The second kappa shape index (κ2) is 13.7. The van der Waals surface area contributed by atoms with Gasteiger partial charge in [0.2, 0.25) is 0 Å². The van der Waals surface area contributed by atoms with Crippen molar-refractivity contribution in [2.45, 2.75) is 52.0 Å². The van der Waals surface area contributed by atoms with Gasteiger partial charge in [0.05, 0.1) is 19.8 Å². The number of ether oxygens (including phenoxy) is 2. The molecule has 6 nitrogen and oxygen atoms in total. The maximum absolute atomic E-state index is 5.72. The molecule has 1 unspecified atom stereocenters. The van der Waals surface area contributed by atoms with E-state index in [1.54, 1.807) is 0 Å². The van der Waals surface area contributed by atoms with Gasteiger partial charge in [-0.2, -0.15) is 0 Å². The van der Waals surface area contributed by atoms with E-state index in [1.165, 1.54) is 11.1 Å². The molecule has 1 aromatic carbocycles. The molecule has 182 valence electrons. The van der Waals surface area contributed by atoms with Crippen LogP contribution in [0.1, 0.15) is 44.7 Å². The van der Waals surface area contributed by atoms with Crippen LogP contribution in [0.5, 0.6) is 0 Å². The third-order valence-electron chi connectivity index (χ3n) is 6.81. The second-order valence-corrected chi connectivity index (χ2v) is 9.24. The molecule has 0 aliphatic carbocycles. The van der Waals surface area contributed by atoms with Crippen LogP contribution in [0, 0.1) is 12.8 Å². The Morgan fingerprint density at radius 3 is 2.34 bits per heavy atom. The number of hydrogen-bond donors (Lipinski definition) is 2. The van der Waals surface area contributed by atoms with Crippen molar-refractivity contribution in [3.63, 3.8) is 0 Å². The Hall–Kier alpha value is -0.900. The zero-order chi connectivity index (χ0) is 22.1. The molecule has 0 saturated carbocycles. The lowest BCUT2D eigenvalue weighted by molar-refractivity contribution is 0.00751. The number of nitrogens with one attached hydrogen (secondary N) is 2. The summed E-state index contributed by atoms with van der Waals surface area (Å²) in [5, 5.41) is 7.11. The Kier molecular flexibility index (Phi) is 11.7. The minimum atomic E-state index is 0. The van der Waals surface area contributed by atoms with Crippen molar-refractivity contribution in [1.29, 1.82) is 0 Å². The number of guanidine groups is 1. The molecule has 0 bridgehead atoms. The number of benzene rings is 1. The van der Waals surface area contributed by atoms with E-state index < -0.39 is 0 Å². The molecular weight excluding hydrogens is 515 g/mol. The molecule has 2 saturated heterocycles. The molecule has 0 amide bonds. The van der Waals surface area contributed by atoms with E-state index in [1.807, 2.05) is 0 Å². The second-order valence-electron chi connectivity index (χ2n) is 9.24. The summed E-state index contributed by atoms with van der Waals surface area (Å²) in [5.41, 5.74) is 2.82. The summed E-state index contributed by atoms with van der Waals surface area (Å²) < 4.78 is 11.3. The number of aliphatic imine (C=N–C) groups is 1. The van der Waals surface area contributed by atoms with Crippen molar-refractivity contribution in [1.82, 2.24) is 15.5 Å². The average Bonchev–Trinajstić information content (AvgIpc) is 2.79. The van der Waals surface area contributed by atoms with Gasteiger partial charge in [0.1, 0.15) is 0 Å². The molecule has 2 heterocycles. The minimum Gasteiger partial charge on any atom is -0.381 e. The van der Waals surface area contributed by atoms with Crippen LogP contribution >= 0.6 is 24.0 Å². The van der Waals surface area contributed by atoms with Crippen LogP contribution in [0.2, 0.25) is 0 Å². The van der Waals surface area contributed by atoms with Gasteiger partial charge >= 0.3 is 0 Å². The Labute approximate surface area is 211 Å². The molecule has 1 atom stereocenters. The maximum Gasteiger partial charge on any atom is 0.191 e. The van der Waals surface area contributed by atoms with E-state index in [-0.39, 0.29) is 29.4 Å². The fourth-order valence-electron chi connectivity index (χ4n) is 4.91. The molecule has 0 radical (unpaired) electrons. The van der Waals surface area contributed by atoms with E-state index in [0.29, 0.717) is 12.0 Å². The van der Waals surface area contributed by atoms with Gasteiger partial charge in [0.25, 0.3) is 0 Å². The van der Waals surface area contributed by atoms with E-state index in [0.717, 1.165) is 78.0 Å². The molecule has 3 rings (SSSR count). The van der Waals surface area contributed by atoms with Crippen LogP contribution in [0.4, 0.5) is 0 Å². The van der Waals surface area contributed by atoms with Crippen molar-refractivity contribution in [3.05, 3.63) is 35.4 Å². The maximum atomic E-state index is 5.72. The van der Waals surface area contributed by atoms with E-state index in [9.17, 15) is 0 Å². The van der Waals surface area contributed by atoms with Crippen molar-refractivity contribution < 1.29 is 9.47 Å². The summed E-state index contributed by atoms with van der Waals surface area (Å²) in [5.74, 6) is 1.49. The number of rotatable bonds is 8. The van der Waals surface area contributed by atoms with Crippen LogP contribution in [-0.4, -0.2) is 76.1 Å². The molecule has 2 aliphatic heterocycles. The van der Waals surface area contributed by atoms with Gasteiger partial charge in [0.15, 0.2) is 5.96 Å². The summed E-state index contributed by atoms with van der Waals surface area (Å²) >= 11 is 0. The molecule has 0 aromatic heterocycles. The summed E-state index contributed by atoms with van der Waals surface area (Å²) in [6.45, 7) is 16.8. The summed E-state index contributed by atoms with van der Waals surface area (Å²) in [4.78, 5) is 7.65. The number of hydrogen-bond acceptors (Lipinski definition) is 4. The van der Waals surface area contributed by atoms with Gasteiger partial charge in [-0.1, -0.05) is 38.1 Å². The third-order valence-corrected chi connectivity index (χ3v) is 6.81. The topological polar surface area (TPSA) is 58.1 Å². The van der Waals surface area contributed by atoms with Crippen molar-refractivity contribution in [2.75, 3.05) is 59.2 Å². The third kappa shape index (κ3) is 7.30. The number of halogens is 1. The summed E-state index contributed by atoms with van der Waals surface area (Å²) in [6.07, 6.45) is 2.03. The molecule has 0 spiro atoms. The van der Waals surface area contributed by atoms with Crippen LogP contribution < -0.4 is 10.6 Å². The van der Waals surface area contributed by atoms with Crippen LogP contribution in [0.15, 0.2) is 29.3 Å². The fraction of sp³-hybridized carbons (Fsp3) is 0.720. The van der Waals surface area contributed by atoms with Crippen LogP contribution in [-0.2, 0) is 14.9 Å². The Morgan fingerprint density at radius 1 is 1.06 bits per heavy atom. The first-order chi connectivity index (χ1) is 15.1. The van der Waals surface area contributed by atoms with Gasteiger partial charge < -0.3 is 20.1 Å². The quantitative estimate of drug-likeness (QED) is 0.290. The Balaban J connectivity index is 0.00000363. The average molecular weight is 559 g/mol. The Morgan fingerprint density at radius 2 is 1.72 bits per heavy atom. The summed E-state index contributed by atoms with van der Waals surface area (Å²) in [6, 6.07) is 9.25. The van der Waals surface area contributed by atoms with Crippen molar-refractivity contribution in [3.8, 4) is 0 Å². The fourth-order valence-corrected chi connectivity index (χ4v) is 4.91. The first-order valence-electron chi connectivity index (χ1n) is 12.0. The highest BCUT2D eigenvalue weighted by molar-refractivity contribution is 14.0. The Bertz CT molecular complexity index is 701. The van der Waals surface area contributed by atoms with Crippen molar-refractivity contribution >= 4 is 29.9 Å². The highest BCUT2D eigenvalue weighted by Crippen LogP contribution is 2.37. The highest BCUT2D eigenvalue weighted by Gasteiger charge is 2.35. The monoisotopic (exact) mass is 558 g/mol. The lowest BCUT2D eigenvalue weighted by atomic mass is 9.72.